The normalized spacial score (nSPS) is 31.5. The Balaban J connectivity index is 2.09. The van der Waals surface area contributed by atoms with Crippen molar-refractivity contribution in [3.05, 3.63) is 11.6 Å². The Labute approximate surface area is 150 Å². The van der Waals surface area contributed by atoms with Gasteiger partial charge in [0.15, 0.2) is 17.1 Å². The van der Waals surface area contributed by atoms with Crippen LogP contribution in [0.2, 0.25) is 0 Å². The summed E-state index contributed by atoms with van der Waals surface area (Å²) in [6.07, 6.45) is -2.57. The Morgan fingerprint density at radius 1 is 1.48 bits per heavy atom. The average molecular weight is 374 g/mol. The minimum Gasteiger partial charge on any atom is -0.394 e. The number of nitrogens with zero attached hydrogens (tertiary/aromatic N) is 1. The molecule has 0 bridgehead atoms. The Kier molecular flexibility index (Phi) is 6.99. The molecule has 2 fully saturated rings. The number of carbonyl (C=O) groups excluding carboxylic acids is 2. The predicted octanol–water partition coefficient (Wildman–Crippen LogP) is -1.94. The number of aliphatic hydroxyl groups excluding tert-OH is 3. The lowest BCUT2D eigenvalue weighted by atomic mass is 10.1. The van der Waals surface area contributed by atoms with E-state index in [2.05, 4.69) is 5.32 Å². The van der Waals surface area contributed by atoms with E-state index in [0.29, 0.717) is 13.0 Å². The molecule has 1 amide bonds. The number of rotatable bonds is 7. The summed E-state index contributed by atoms with van der Waals surface area (Å²) < 4.78 is 10.3. The van der Waals surface area contributed by atoms with Gasteiger partial charge in [-0.2, -0.15) is 0 Å². The van der Waals surface area contributed by atoms with Crippen LogP contribution in [0.15, 0.2) is 11.6 Å². The maximum atomic E-state index is 12.0. The van der Waals surface area contributed by atoms with Gasteiger partial charge in [-0.15, -0.1) is 0 Å². The highest BCUT2D eigenvalue weighted by molar-refractivity contribution is 7.80. The van der Waals surface area contributed by atoms with Crippen LogP contribution in [0.4, 0.5) is 0 Å². The highest BCUT2D eigenvalue weighted by atomic mass is 32.1. The summed E-state index contributed by atoms with van der Waals surface area (Å²) in [6.45, 7) is -0.0739. The number of nitrogens with one attached hydrogen (secondary N) is 1. The Bertz CT molecular complexity index is 568. The van der Waals surface area contributed by atoms with Crippen LogP contribution in [0.5, 0.6) is 0 Å². The Hall–Kier alpha value is -1.43. The third kappa shape index (κ3) is 4.60. The van der Waals surface area contributed by atoms with E-state index in [1.807, 2.05) is 0 Å². The van der Waals surface area contributed by atoms with E-state index in [9.17, 15) is 19.8 Å². The molecule has 4 N–H and O–H groups in total. The van der Waals surface area contributed by atoms with E-state index in [1.165, 1.54) is 18.1 Å². The molecular weight excluding hydrogens is 352 g/mol. The second-order valence-corrected chi connectivity index (χ2v) is 6.23. The van der Waals surface area contributed by atoms with Gasteiger partial charge in [-0.3, -0.25) is 14.9 Å². The zero-order valence-electron chi connectivity index (χ0n) is 13.8. The van der Waals surface area contributed by atoms with Crippen LogP contribution in [0.1, 0.15) is 12.8 Å². The number of ketones is 1. The van der Waals surface area contributed by atoms with E-state index < -0.39 is 37.1 Å². The predicted molar refractivity (Wildman–Crippen MR) is 89.4 cm³/mol. The minimum absolute atomic E-state index is 0.0174. The SMILES string of the molecule is COCCCC(=O)C=C1CN([C@@H]2O[C@H](CO)[C@@H](O)[C@H]2O)C(=S)NC1=O. The monoisotopic (exact) mass is 374 g/mol. The van der Waals surface area contributed by atoms with Crippen molar-refractivity contribution >= 4 is 29.0 Å². The Morgan fingerprint density at radius 2 is 2.20 bits per heavy atom. The molecule has 2 saturated heterocycles. The fraction of sp³-hybridized carbons (Fsp3) is 0.667. The van der Waals surface area contributed by atoms with Crippen LogP contribution in [0.25, 0.3) is 0 Å². The summed E-state index contributed by atoms with van der Waals surface area (Å²) in [5.74, 6) is -0.718. The summed E-state index contributed by atoms with van der Waals surface area (Å²) in [5.41, 5.74) is 0.175. The maximum Gasteiger partial charge on any atom is 0.255 e. The zero-order chi connectivity index (χ0) is 18.6. The number of allylic oxidation sites excluding steroid dienone is 1. The van der Waals surface area contributed by atoms with Gasteiger partial charge in [-0.25, -0.2) is 0 Å². The van der Waals surface area contributed by atoms with Crippen molar-refractivity contribution < 1.29 is 34.4 Å². The minimum atomic E-state index is -1.32. The molecule has 2 aliphatic rings. The molecule has 0 radical (unpaired) electrons. The van der Waals surface area contributed by atoms with Gasteiger partial charge in [-0.1, -0.05) is 0 Å². The fourth-order valence-electron chi connectivity index (χ4n) is 2.69. The van der Waals surface area contributed by atoms with Gasteiger partial charge in [0.05, 0.1) is 13.2 Å². The van der Waals surface area contributed by atoms with E-state index in [4.69, 9.17) is 26.8 Å². The molecular formula is C15H22N2O7S. The summed E-state index contributed by atoms with van der Waals surface area (Å²) in [7, 11) is 1.54. The first-order valence-electron chi connectivity index (χ1n) is 7.85. The van der Waals surface area contributed by atoms with E-state index in [-0.39, 0.29) is 29.4 Å². The molecule has 140 valence electrons. The lowest BCUT2D eigenvalue weighted by molar-refractivity contribution is -0.120. The van der Waals surface area contributed by atoms with Gasteiger partial charge >= 0.3 is 0 Å². The first-order valence-corrected chi connectivity index (χ1v) is 8.26. The van der Waals surface area contributed by atoms with Crippen molar-refractivity contribution in [2.24, 2.45) is 0 Å². The van der Waals surface area contributed by atoms with Gasteiger partial charge in [0.1, 0.15) is 18.3 Å². The number of thiocarbonyl (C=S) groups is 1. The highest BCUT2D eigenvalue weighted by Gasteiger charge is 2.47. The lowest BCUT2D eigenvalue weighted by Gasteiger charge is -2.36. The van der Waals surface area contributed by atoms with Crippen LogP contribution in [-0.4, -0.2) is 88.4 Å². The Morgan fingerprint density at radius 3 is 2.80 bits per heavy atom. The third-order valence-corrected chi connectivity index (χ3v) is 4.38. The molecule has 2 rings (SSSR count). The van der Waals surface area contributed by atoms with Crippen molar-refractivity contribution in [2.75, 3.05) is 26.9 Å². The molecule has 0 unspecified atom stereocenters. The number of ether oxygens (including phenoxy) is 2. The largest absolute Gasteiger partial charge is 0.394 e. The van der Waals surface area contributed by atoms with Crippen LogP contribution >= 0.6 is 12.2 Å². The summed E-state index contributed by atoms with van der Waals surface area (Å²) >= 11 is 5.09. The van der Waals surface area contributed by atoms with Crippen LogP contribution in [0, 0.1) is 0 Å². The van der Waals surface area contributed by atoms with Crippen molar-refractivity contribution in [3.8, 4) is 0 Å². The summed E-state index contributed by atoms with van der Waals surface area (Å²) in [4.78, 5) is 25.3. The van der Waals surface area contributed by atoms with Gasteiger partial charge in [0, 0.05) is 25.7 Å². The van der Waals surface area contributed by atoms with Crippen molar-refractivity contribution in [3.63, 3.8) is 0 Å². The number of carbonyl (C=O) groups is 2. The molecule has 9 nitrogen and oxygen atoms in total. The van der Waals surface area contributed by atoms with Gasteiger partial charge in [0.2, 0.25) is 0 Å². The van der Waals surface area contributed by atoms with E-state index >= 15 is 0 Å². The molecule has 0 aliphatic carbocycles. The zero-order valence-corrected chi connectivity index (χ0v) is 14.6. The molecule has 10 heteroatoms. The molecule has 0 aromatic rings. The number of hydrogen-bond acceptors (Lipinski definition) is 8. The number of methoxy groups -OCH3 is 1. The number of amides is 1. The van der Waals surface area contributed by atoms with Gasteiger partial charge < -0.3 is 29.7 Å². The molecule has 2 aliphatic heterocycles. The summed E-state index contributed by atoms with van der Waals surface area (Å²) in [5, 5.41) is 31.6. The average Bonchev–Trinajstić information content (AvgIpc) is 2.85. The molecule has 2 heterocycles. The lowest BCUT2D eigenvalue weighted by Crippen LogP contribution is -2.57. The molecule has 4 atom stereocenters. The van der Waals surface area contributed by atoms with Crippen LogP contribution < -0.4 is 5.32 Å². The van der Waals surface area contributed by atoms with Crippen molar-refractivity contribution in [1.82, 2.24) is 10.2 Å². The third-order valence-electron chi connectivity index (χ3n) is 4.04. The number of aliphatic hydroxyl groups is 3. The first-order chi connectivity index (χ1) is 11.9. The smallest absolute Gasteiger partial charge is 0.255 e. The first kappa shape index (κ1) is 19.9. The number of hydrogen-bond donors (Lipinski definition) is 4. The van der Waals surface area contributed by atoms with E-state index in [0.717, 1.165) is 0 Å². The fourth-order valence-corrected chi connectivity index (χ4v) is 2.95. The topological polar surface area (TPSA) is 129 Å². The molecule has 0 spiro atoms. The maximum absolute atomic E-state index is 12.0. The molecule has 0 aromatic heterocycles. The van der Waals surface area contributed by atoms with Crippen LogP contribution in [-0.2, 0) is 19.1 Å². The van der Waals surface area contributed by atoms with E-state index in [1.54, 1.807) is 0 Å². The van der Waals surface area contributed by atoms with Crippen LogP contribution in [0.3, 0.4) is 0 Å². The molecule has 0 aromatic carbocycles. The summed E-state index contributed by atoms with van der Waals surface area (Å²) in [6, 6.07) is 0. The van der Waals surface area contributed by atoms with Gasteiger partial charge in [0.25, 0.3) is 5.91 Å². The quantitative estimate of drug-likeness (QED) is 0.229. The highest BCUT2D eigenvalue weighted by Crippen LogP contribution is 2.26. The van der Waals surface area contributed by atoms with Gasteiger partial charge in [-0.05, 0) is 24.7 Å². The van der Waals surface area contributed by atoms with Crippen molar-refractivity contribution in [1.29, 1.82) is 0 Å². The second-order valence-electron chi connectivity index (χ2n) is 5.85. The standard InChI is InChI=1S/C15H22N2O7S/c1-23-4-2-3-9(19)5-8-6-17(15(25)16-13(8)22)14-12(21)11(20)10(7-18)24-14/h5,10-12,14,18,20-21H,2-4,6-7H2,1H3,(H,16,22,25)/t10-,11-,12-,14-/m1/s1. The second kappa shape index (κ2) is 8.79. The molecule has 0 saturated carbocycles. The molecule has 25 heavy (non-hydrogen) atoms. The van der Waals surface area contributed by atoms with Crippen molar-refractivity contribution in [2.45, 2.75) is 37.4 Å².